The van der Waals surface area contributed by atoms with E-state index in [-0.39, 0.29) is 19.0 Å². The van der Waals surface area contributed by atoms with Gasteiger partial charge in [0.1, 0.15) is 17.7 Å². The van der Waals surface area contributed by atoms with E-state index in [1.165, 1.54) is 4.90 Å². The van der Waals surface area contributed by atoms with E-state index < -0.39 is 42.0 Å². The molecule has 9 nitrogen and oxygen atoms in total. The third kappa shape index (κ3) is 10.7. The Kier molecular flexibility index (Phi) is 12.2. The molecule has 0 bridgehead atoms. The molecule has 0 aliphatic carbocycles. The molecule has 2 unspecified atom stereocenters. The molecular formula is C31H44N4O5. The van der Waals surface area contributed by atoms with Crippen LogP contribution in [0.15, 0.2) is 48.5 Å². The predicted octanol–water partition coefficient (Wildman–Crippen LogP) is 4.45. The fourth-order valence-electron chi connectivity index (χ4n) is 4.47. The monoisotopic (exact) mass is 552 g/mol. The second-order valence-electron chi connectivity index (χ2n) is 11.1. The van der Waals surface area contributed by atoms with Crippen molar-refractivity contribution in [1.29, 1.82) is 0 Å². The van der Waals surface area contributed by atoms with Crippen molar-refractivity contribution < 1.29 is 23.9 Å². The quantitative estimate of drug-likeness (QED) is 0.316. The normalized spacial score (nSPS) is 12.7. The zero-order valence-electron chi connectivity index (χ0n) is 24.6. The van der Waals surface area contributed by atoms with Gasteiger partial charge in [-0.25, -0.2) is 4.79 Å². The van der Waals surface area contributed by atoms with Gasteiger partial charge in [0.05, 0.1) is 6.42 Å². The smallest absolute Gasteiger partial charge is 0.408 e. The van der Waals surface area contributed by atoms with E-state index in [1.54, 1.807) is 20.8 Å². The molecule has 0 aliphatic rings. The number of ether oxygens (including phenoxy) is 1. The summed E-state index contributed by atoms with van der Waals surface area (Å²) in [6.07, 6.45) is 1.07. The van der Waals surface area contributed by atoms with Gasteiger partial charge in [-0.05, 0) is 52.2 Å². The number of unbranched alkanes of at least 4 members (excludes halogenated alkanes) is 2. The topological polar surface area (TPSA) is 131 Å². The summed E-state index contributed by atoms with van der Waals surface area (Å²) in [5, 5.41) is 5.49. The molecule has 0 saturated heterocycles. The van der Waals surface area contributed by atoms with Crippen molar-refractivity contribution in [3.63, 3.8) is 0 Å². The van der Waals surface area contributed by atoms with Gasteiger partial charge < -0.3 is 26.0 Å². The molecule has 2 rings (SSSR count). The van der Waals surface area contributed by atoms with Crippen LogP contribution in [0.2, 0.25) is 0 Å². The Morgan fingerprint density at radius 1 is 0.975 bits per heavy atom. The molecule has 0 heterocycles. The van der Waals surface area contributed by atoms with Crippen LogP contribution in [0.25, 0.3) is 0 Å². The molecule has 2 aromatic rings. The zero-order chi connectivity index (χ0) is 29.9. The van der Waals surface area contributed by atoms with Crippen LogP contribution >= 0.6 is 0 Å². The molecule has 40 heavy (non-hydrogen) atoms. The van der Waals surface area contributed by atoms with E-state index in [0.29, 0.717) is 12.0 Å². The molecule has 4 N–H and O–H groups in total. The summed E-state index contributed by atoms with van der Waals surface area (Å²) in [5.41, 5.74) is 8.10. The number of amides is 4. The number of aryl methyl sites for hydroxylation is 2. The lowest BCUT2D eigenvalue weighted by atomic mass is 9.97. The van der Waals surface area contributed by atoms with Crippen molar-refractivity contribution in [1.82, 2.24) is 15.5 Å². The number of carbonyl (C=O) groups is 4. The Morgan fingerprint density at radius 3 is 2.15 bits per heavy atom. The molecule has 218 valence electrons. The second-order valence-corrected chi connectivity index (χ2v) is 11.1. The van der Waals surface area contributed by atoms with Crippen LogP contribution in [-0.2, 0) is 25.7 Å². The van der Waals surface area contributed by atoms with Gasteiger partial charge in [-0.15, -0.1) is 0 Å². The Balaban J connectivity index is 2.52. The number of hydrogen-bond donors (Lipinski definition) is 3. The van der Waals surface area contributed by atoms with Gasteiger partial charge in [-0.3, -0.25) is 14.4 Å². The predicted molar refractivity (Wildman–Crippen MR) is 155 cm³/mol. The number of alkyl carbamates (subject to hydrolysis) is 1. The standard InChI is InChI=1S/C31H44N4O5/c1-7-8-12-15-35(29(38)25(19-26(32)36)34-30(39)40-31(4,5)6)27(24-17-21(2)16-22(3)18-24)28(37)33-20-23-13-10-9-11-14-23/h9-11,13-14,16-18,25,27H,7-8,12,15,19-20H2,1-6H3,(H2,32,36)(H,33,37)(H,34,39). The van der Waals surface area contributed by atoms with E-state index in [4.69, 9.17) is 10.5 Å². The molecule has 0 saturated carbocycles. The first kappa shape index (κ1) is 32.3. The third-order valence-corrected chi connectivity index (χ3v) is 6.11. The number of rotatable bonds is 13. The first-order chi connectivity index (χ1) is 18.8. The summed E-state index contributed by atoms with van der Waals surface area (Å²) in [5.74, 6) is -1.71. The highest BCUT2D eigenvalue weighted by atomic mass is 16.6. The number of nitrogens with two attached hydrogens (primary N) is 1. The maximum absolute atomic E-state index is 14.1. The van der Waals surface area contributed by atoms with Crippen LogP contribution in [0.5, 0.6) is 0 Å². The molecule has 9 heteroatoms. The van der Waals surface area contributed by atoms with Crippen LogP contribution in [0, 0.1) is 13.8 Å². The second kappa shape index (κ2) is 15.1. The summed E-state index contributed by atoms with van der Waals surface area (Å²) in [6.45, 7) is 11.5. The lowest BCUT2D eigenvalue weighted by Crippen LogP contribution is -2.54. The Morgan fingerprint density at radius 2 is 1.60 bits per heavy atom. The number of primary amides is 1. The number of nitrogens with zero attached hydrogens (tertiary/aromatic N) is 1. The summed E-state index contributed by atoms with van der Waals surface area (Å²) < 4.78 is 5.34. The van der Waals surface area contributed by atoms with Crippen LogP contribution in [0.4, 0.5) is 4.79 Å². The highest BCUT2D eigenvalue weighted by molar-refractivity contribution is 5.94. The fourth-order valence-corrected chi connectivity index (χ4v) is 4.47. The van der Waals surface area contributed by atoms with Crippen LogP contribution in [-0.4, -0.2) is 46.9 Å². The first-order valence-electron chi connectivity index (χ1n) is 13.8. The summed E-state index contributed by atoms with van der Waals surface area (Å²) in [4.78, 5) is 54.0. The molecule has 0 aliphatic heterocycles. The molecule has 0 spiro atoms. The van der Waals surface area contributed by atoms with Crippen LogP contribution in [0.1, 0.15) is 81.7 Å². The van der Waals surface area contributed by atoms with E-state index in [9.17, 15) is 19.2 Å². The van der Waals surface area contributed by atoms with Crippen molar-refractivity contribution in [3.8, 4) is 0 Å². The summed E-state index contributed by atoms with van der Waals surface area (Å²) >= 11 is 0. The van der Waals surface area contributed by atoms with E-state index in [2.05, 4.69) is 10.6 Å². The zero-order valence-corrected chi connectivity index (χ0v) is 24.6. The van der Waals surface area contributed by atoms with Crippen molar-refractivity contribution in [3.05, 3.63) is 70.8 Å². The summed E-state index contributed by atoms with van der Waals surface area (Å²) in [7, 11) is 0. The average Bonchev–Trinajstić information content (AvgIpc) is 2.84. The van der Waals surface area contributed by atoms with Gasteiger partial charge in [0.25, 0.3) is 0 Å². The first-order valence-corrected chi connectivity index (χ1v) is 13.8. The van der Waals surface area contributed by atoms with Gasteiger partial charge in [-0.1, -0.05) is 79.4 Å². The molecule has 0 aromatic heterocycles. The lowest BCUT2D eigenvalue weighted by molar-refractivity contribution is -0.143. The van der Waals surface area contributed by atoms with Gasteiger partial charge in [0, 0.05) is 13.1 Å². The highest BCUT2D eigenvalue weighted by Crippen LogP contribution is 2.26. The minimum Gasteiger partial charge on any atom is -0.444 e. The van der Waals surface area contributed by atoms with Gasteiger partial charge in [0.15, 0.2) is 0 Å². The van der Waals surface area contributed by atoms with E-state index in [0.717, 1.165) is 29.5 Å². The van der Waals surface area contributed by atoms with E-state index >= 15 is 0 Å². The largest absolute Gasteiger partial charge is 0.444 e. The Labute approximate surface area is 237 Å². The van der Waals surface area contributed by atoms with Crippen molar-refractivity contribution >= 4 is 23.8 Å². The minimum absolute atomic E-state index is 0.244. The van der Waals surface area contributed by atoms with Gasteiger partial charge >= 0.3 is 6.09 Å². The van der Waals surface area contributed by atoms with Gasteiger partial charge in [-0.2, -0.15) is 0 Å². The maximum atomic E-state index is 14.1. The van der Waals surface area contributed by atoms with Crippen molar-refractivity contribution in [2.45, 2.75) is 91.5 Å². The number of nitrogens with one attached hydrogen (secondary N) is 2. The average molecular weight is 553 g/mol. The molecular weight excluding hydrogens is 508 g/mol. The van der Waals surface area contributed by atoms with E-state index in [1.807, 2.05) is 69.3 Å². The number of benzene rings is 2. The molecule has 0 radical (unpaired) electrons. The Hall–Kier alpha value is -3.88. The summed E-state index contributed by atoms with van der Waals surface area (Å²) in [6, 6.07) is 12.9. The number of carbonyl (C=O) groups excluding carboxylic acids is 4. The molecule has 2 aromatic carbocycles. The maximum Gasteiger partial charge on any atom is 0.408 e. The SMILES string of the molecule is CCCCCN(C(=O)C(CC(N)=O)NC(=O)OC(C)(C)C)C(C(=O)NCc1ccccc1)c1cc(C)cc(C)c1. The molecule has 4 amide bonds. The lowest BCUT2D eigenvalue weighted by Gasteiger charge is -2.34. The Bertz CT molecular complexity index is 1140. The third-order valence-electron chi connectivity index (χ3n) is 6.11. The molecule has 0 fully saturated rings. The number of hydrogen-bond acceptors (Lipinski definition) is 5. The molecule has 2 atom stereocenters. The van der Waals surface area contributed by atoms with Crippen molar-refractivity contribution in [2.24, 2.45) is 5.73 Å². The van der Waals surface area contributed by atoms with Crippen LogP contribution < -0.4 is 16.4 Å². The van der Waals surface area contributed by atoms with Gasteiger partial charge in [0.2, 0.25) is 17.7 Å². The van der Waals surface area contributed by atoms with Crippen molar-refractivity contribution in [2.75, 3.05) is 6.54 Å². The fraction of sp³-hybridized carbons (Fsp3) is 0.484. The minimum atomic E-state index is -1.30. The highest BCUT2D eigenvalue weighted by Gasteiger charge is 2.37. The van der Waals surface area contributed by atoms with Crippen LogP contribution in [0.3, 0.4) is 0 Å².